The summed E-state index contributed by atoms with van der Waals surface area (Å²) in [5.74, 6) is 0. The van der Waals surface area contributed by atoms with Crippen molar-refractivity contribution >= 4 is 31.0 Å². The second kappa shape index (κ2) is 5.78. The van der Waals surface area contributed by atoms with Gasteiger partial charge in [-0.3, -0.25) is 5.16 Å². The average Bonchev–Trinajstić information content (AvgIpc) is 1.78. The Morgan fingerprint density at radius 3 is 2.29 bits per heavy atom. The van der Waals surface area contributed by atoms with Crippen LogP contribution in [0.3, 0.4) is 0 Å². The molecule has 0 aliphatic carbocycles. The second-order valence-corrected chi connectivity index (χ2v) is 12.7. The lowest BCUT2D eigenvalue weighted by Crippen LogP contribution is -1.75. The molecule has 0 radical (unpaired) electrons. The maximum absolute atomic E-state index is 7.75. The molecule has 0 bridgehead atoms. The van der Waals surface area contributed by atoms with Crippen LogP contribution in [-0.4, -0.2) is 40.0 Å². The predicted octanol–water partition coefficient (Wildman–Crippen LogP) is 5.39. The minimum absolute atomic E-state index is 0.705. The van der Waals surface area contributed by atoms with Gasteiger partial charge < -0.3 is 0 Å². The van der Waals surface area contributed by atoms with E-state index in [1.807, 2.05) is 26.7 Å². The van der Waals surface area contributed by atoms with Crippen molar-refractivity contribution in [2.45, 2.75) is 0 Å². The van der Waals surface area contributed by atoms with E-state index in [2.05, 4.69) is 27.2 Å². The molecule has 8 heteroatoms. The lowest BCUT2D eigenvalue weighted by Gasteiger charge is -2.17. The van der Waals surface area contributed by atoms with Gasteiger partial charge in [0.2, 0.25) is 0 Å². The summed E-state index contributed by atoms with van der Waals surface area (Å²) < 4.78 is 8.87. The van der Waals surface area contributed by atoms with E-state index in [-0.39, 0.29) is 0 Å². The summed E-state index contributed by atoms with van der Waals surface area (Å²) in [5, 5.41) is 7.75. The van der Waals surface area contributed by atoms with Gasteiger partial charge in [0, 0.05) is 8.37 Å². The fourth-order valence-electron chi connectivity index (χ4n) is 0.895. The van der Waals surface area contributed by atoms with Crippen LogP contribution in [0.5, 0.6) is 0 Å². The first-order chi connectivity index (χ1) is 6.16. The van der Waals surface area contributed by atoms with Gasteiger partial charge in [0.1, 0.15) is 13.9 Å². The Kier molecular flexibility index (Phi) is 6.12. The highest BCUT2D eigenvalue weighted by molar-refractivity contribution is 7.87. The highest BCUT2D eigenvalue weighted by atomic mass is 31.2. The normalized spacial score (nSPS) is 15.1. The monoisotopic (exact) mass is 271 g/mol. The van der Waals surface area contributed by atoms with Crippen molar-refractivity contribution in [2.24, 2.45) is 9.03 Å². The Hall–Kier alpha value is 0.820. The standard InChI is InChI=1S/C6H19N4P4/c1-11-8-14(5,6)10-12(2)9-13(3,4)7/h1-6H3,(H-,7,9,10)/q+1. The summed E-state index contributed by atoms with van der Waals surface area (Å²) in [7, 11) is -2.93. The Morgan fingerprint density at radius 1 is 1.43 bits per heavy atom. The van der Waals surface area contributed by atoms with Crippen molar-refractivity contribution in [2.75, 3.05) is 40.0 Å². The zero-order valence-corrected chi connectivity index (χ0v) is 13.2. The first kappa shape index (κ1) is 14.8. The van der Waals surface area contributed by atoms with E-state index >= 15 is 0 Å². The van der Waals surface area contributed by atoms with Crippen LogP contribution in [0.4, 0.5) is 0 Å². The maximum Gasteiger partial charge on any atom is 0.158 e. The Labute approximate surface area is 90.4 Å². The van der Waals surface area contributed by atoms with Gasteiger partial charge in [-0.1, -0.05) is 4.52 Å². The molecule has 0 spiro atoms. The molecular formula is C6H19N4P4+. The zero-order valence-electron chi connectivity index (χ0n) is 9.63. The van der Waals surface area contributed by atoms with E-state index in [1.54, 1.807) is 0 Å². The molecule has 0 aliphatic heterocycles. The van der Waals surface area contributed by atoms with Crippen molar-refractivity contribution in [3.63, 3.8) is 0 Å². The third-order valence-corrected chi connectivity index (χ3v) is 9.09. The molecule has 0 rings (SSSR count). The molecule has 0 aromatic heterocycles. The van der Waals surface area contributed by atoms with Gasteiger partial charge >= 0.3 is 0 Å². The number of hydrogen-bond acceptors (Lipinski definition) is 2. The minimum Gasteiger partial charge on any atom is -0.293 e. The van der Waals surface area contributed by atoms with Gasteiger partial charge in [-0.25, -0.2) is 4.86 Å². The molecule has 0 saturated carbocycles. The SMILES string of the molecule is CP=N[P+](C)(C)[N-][P+](C)=NP(C)(C)=N. The van der Waals surface area contributed by atoms with Crippen LogP contribution in [0.1, 0.15) is 0 Å². The smallest absolute Gasteiger partial charge is 0.158 e. The highest BCUT2D eigenvalue weighted by Crippen LogP contribution is 2.69. The molecule has 1 unspecified atom stereocenters. The number of rotatable bonds is 4. The van der Waals surface area contributed by atoms with E-state index in [0.717, 1.165) is 8.37 Å². The minimum atomic E-state index is -1.79. The molecule has 0 aliphatic rings. The molecule has 0 saturated heterocycles. The summed E-state index contributed by atoms with van der Waals surface area (Å²) in [6.45, 7) is 12.0. The largest absolute Gasteiger partial charge is 0.293 e. The van der Waals surface area contributed by atoms with Gasteiger partial charge in [0.25, 0.3) is 0 Å². The molecule has 1 N–H and O–H groups in total. The molecular weight excluding hydrogens is 252 g/mol. The van der Waals surface area contributed by atoms with E-state index in [1.165, 1.54) is 0 Å². The highest BCUT2D eigenvalue weighted by Gasteiger charge is 2.19. The van der Waals surface area contributed by atoms with Crippen molar-refractivity contribution in [3.05, 3.63) is 4.86 Å². The van der Waals surface area contributed by atoms with Crippen LogP contribution < -0.4 is 0 Å². The summed E-state index contributed by atoms with van der Waals surface area (Å²) in [5.41, 5.74) is 0. The Morgan fingerprint density at radius 2 is 1.93 bits per heavy atom. The fourth-order valence-corrected chi connectivity index (χ4v) is 8.70. The fraction of sp³-hybridized carbons (Fsp3) is 1.00. The van der Waals surface area contributed by atoms with E-state index in [4.69, 9.17) is 5.16 Å². The van der Waals surface area contributed by atoms with Crippen molar-refractivity contribution in [1.82, 2.24) is 0 Å². The second-order valence-electron chi connectivity index (χ2n) is 3.69. The van der Waals surface area contributed by atoms with Gasteiger partial charge in [0.15, 0.2) is 7.86 Å². The topological polar surface area (TPSA) is 62.7 Å². The number of hydrogen-bond donors (Lipinski definition) is 1. The molecule has 0 aromatic carbocycles. The first-order valence-electron chi connectivity index (χ1n) is 4.11. The molecule has 4 nitrogen and oxygen atoms in total. The van der Waals surface area contributed by atoms with Crippen molar-refractivity contribution in [1.29, 1.82) is 5.16 Å². The zero-order chi connectivity index (χ0) is 11.4. The van der Waals surface area contributed by atoms with Gasteiger partial charge in [-0.15, -0.1) is 4.52 Å². The van der Waals surface area contributed by atoms with Gasteiger partial charge in [-0.05, 0) is 20.0 Å². The van der Waals surface area contributed by atoms with Crippen LogP contribution in [0.2, 0.25) is 0 Å². The predicted molar refractivity (Wildman–Crippen MR) is 74.2 cm³/mol. The molecule has 0 amide bonds. The van der Waals surface area contributed by atoms with Crippen molar-refractivity contribution < 1.29 is 0 Å². The van der Waals surface area contributed by atoms with Gasteiger partial charge in [-0.2, -0.15) is 0 Å². The molecule has 1 atom stereocenters. The van der Waals surface area contributed by atoms with E-state index < -0.39 is 22.6 Å². The summed E-state index contributed by atoms with van der Waals surface area (Å²) >= 11 is 0. The van der Waals surface area contributed by atoms with Gasteiger partial charge in [0.05, 0.1) is 20.9 Å². The maximum atomic E-state index is 7.75. The lowest BCUT2D eigenvalue weighted by molar-refractivity contribution is 1.55. The lowest BCUT2D eigenvalue weighted by atomic mass is 11.9. The summed E-state index contributed by atoms with van der Waals surface area (Å²) in [6.07, 6.45) is 0. The van der Waals surface area contributed by atoms with E-state index in [0.29, 0.717) is 0 Å². The molecule has 0 fully saturated rings. The summed E-state index contributed by atoms with van der Waals surface area (Å²) in [6, 6.07) is 0. The third-order valence-electron chi connectivity index (χ3n) is 1.01. The summed E-state index contributed by atoms with van der Waals surface area (Å²) in [4.78, 5) is 4.63. The van der Waals surface area contributed by atoms with Crippen molar-refractivity contribution in [3.8, 4) is 0 Å². The van der Waals surface area contributed by atoms with Crippen LogP contribution >= 0.6 is 31.0 Å². The average molecular weight is 271 g/mol. The van der Waals surface area contributed by atoms with Crippen LogP contribution in [0, 0.1) is 5.16 Å². The Balaban J connectivity index is 4.55. The molecule has 0 heterocycles. The Bertz CT molecular complexity index is 290. The number of nitrogens with one attached hydrogen (secondary N) is 1. The van der Waals surface area contributed by atoms with Crippen LogP contribution in [-0.2, 0) is 0 Å². The molecule has 14 heavy (non-hydrogen) atoms. The molecule has 82 valence electrons. The third kappa shape index (κ3) is 8.16. The van der Waals surface area contributed by atoms with Crippen LogP contribution in [0.25, 0.3) is 4.86 Å². The quantitative estimate of drug-likeness (QED) is 0.666. The number of nitrogens with zero attached hydrogens (tertiary/aromatic N) is 3. The van der Waals surface area contributed by atoms with Crippen LogP contribution in [0.15, 0.2) is 9.03 Å². The van der Waals surface area contributed by atoms with E-state index in [9.17, 15) is 0 Å². The molecule has 0 aromatic rings. The first-order valence-corrected chi connectivity index (χ1v) is 12.3.